The first-order chi connectivity index (χ1) is 11.8. The van der Waals surface area contributed by atoms with Crippen molar-refractivity contribution in [1.29, 1.82) is 0 Å². The number of hydrogen-bond acceptors (Lipinski definition) is 4. The minimum atomic E-state index is 0.0757. The van der Waals surface area contributed by atoms with E-state index in [-0.39, 0.29) is 5.60 Å². The fourth-order valence-electron chi connectivity index (χ4n) is 4.03. The maximum Gasteiger partial charge on any atom is 0.0741 e. The maximum atomic E-state index is 6.12. The Kier molecular flexibility index (Phi) is 4.83. The van der Waals surface area contributed by atoms with Crippen LogP contribution in [0.1, 0.15) is 32.1 Å². The lowest BCUT2D eigenvalue weighted by Crippen LogP contribution is -2.50. The summed E-state index contributed by atoms with van der Waals surface area (Å²) in [7, 11) is 0. The summed E-state index contributed by atoms with van der Waals surface area (Å²) in [5, 5.41) is 9.46. The molecular formula is C19H27N3O2. The molecule has 5 heteroatoms. The largest absolute Gasteiger partial charge is 0.381 e. The summed E-state index contributed by atoms with van der Waals surface area (Å²) in [6, 6.07) is 8.97. The molecule has 3 heterocycles. The number of benzene rings is 1. The molecule has 1 N–H and O–H groups in total. The van der Waals surface area contributed by atoms with Gasteiger partial charge in [0, 0.05) is 37.8 Å². The maximum absolute atomic E-state index is 6.12. The van der Waals surface area contributed by atoms with Crippen LogP contribution in [0.25, 0.3) is 10.9 Å². The van der Waals surface area contributed by atoms with Crippen LogP contribution in [0.15, 0.2) is 30.5 Å². The number of para-hydroxylation sites is 1. The highest BCUT2D eigenvalue weighted by molar-refractivity contribution is 5.78. The van der Waals surface area contributed by atoms with Gasteiger partial charge in [0.1, 0.15) is 0 Å². The molecule has 2 aliphatic heterocycles. The first-order valence-corrected chi connectivity index (χ1v) is 9.20. The van der Waals surface area contributed by atoms with Gasteiger partial charge in [0.25, 0.3) is 0 Å². The van der Waals surface area contributed by atoms with Crippen LogP contribution in [0.2, 0.25) is 0 Å². The van der Waals surface area contributed by atoms with E-state index in [0.717, 1.165) is 65.0 Å². The molecule has 1 unspecified atom stereocenters. The number of aryl methyl sites for hydroxylation is 1. The first kappa shape index (κ1) is 16.1. The van der Waals surface area contributed by atoms with Crippen molar-refractivity contribution in [2.24, 2.45) is 0 Å². The molecule has 2 aliphatic rings. The second kappa shape index (κ2) is 7.21. The number of hydrogen-bond donors (Lipinski definition) is 1. The number of aromatic nitrogens is 2. The smallest absolute Gasteiger partial charge is 0.0741 e. The summed E-state index contributed by atoms with van der Waals surface area (Å²) in [5.41, 5.74) is 1.30. The van der Waals surface area contributed by atoms with Crippen LogP contribution in [-0.4, -0.2) is 47.8 Å². The number of nitrogens with zero attached hydrogens (tertiary/aromatic N) is 2. The zero-order valence-corrected chi connectivity index (χ0v) is 14.2. The molecule has 130 valence electrons. The van der Waals surface area contributed by atoms with E-state index in [2.05, 4.69) is 39.4 Å². The molecule has 2 saturated heterocycles. The number of fused-ring (bicyclic) bond motifs is 1. The van der Waals surface area contributed by atoms with Crippen molar-refractivity contribution in [2.75, 3.05) is 26.4 Å². The van der Waals surface area contributed by atoms with Gasteiger partial charge in [-0.25, -0.2) is 0 Å². The van der Waals surface area contributed by atoms with Gasteiger partial charge in [0.15, 0.2) is 0 Å². The molecule has 4 rings (SSSR count). The third-order valence-electron chi connectivity index (χ3n) is 5.43. The minimum absolute atomic E-state index is 0.0757. The van der Waals surface area contributed by atoms with Crippen LogP contribution in [0, 0.1) is 0 Å². The van der Waals surface area contributed by atoms with E-state index >= 15 is 0 Å². The van der Waals surface area contributed by atoms with Crippen molar-refractivity contribution in [3.05, 3.63) is 30.5 Å². The second-order valence-corrected chi connectivity index (χ2v) is 7.07. The quantitative estimate of drug-likeness (QED) is 0.857. The molecule has 1 aromatic heterocycles. The Morgan fingerprint density at radius 1 is 1.21 bits per heavy atom. The predicted octanol–water partition coefficient (Wildman–Crippen LogP) is 2.74. The molecule has 2 fully saturated rings. The predicted molar refractivity (Wildman–Crippen MR) is 94.1 cm³/mol. The topological polar surface area (TPSA) is 48.3 Å². The van der Waals surface area contributed by atoms with Gasteiger partial charge < -0.3 is 14.8 Å². The minimum Gasteiger partial charge on any atom is -0.381 e. The van der Waals surface area contributed by atoms with Crippen molar-refractivity contribution in [2.45, 2.75) is 50.3 Å². The molecule has 0 bridgehead atoms. The van der Waals surface area contributed by atoms with E-state index in [1.165, 1.54) is 10.9 Å². The van der Waals surface area contributed by atoms with Crippen molar-refractivity contribution < 1.29 is 9.47 Å². The Labute approximate surface area is 143 Å². The molecule has 0 aliphatic carbocycles. The van der Waals surface area contributed by atoms with Gasteiger partial charge >= 0.3 is 0 Å². The summed E-state index contributed by atoms with van der Waals surface area (Å²) in [5.74, 6) is 0. The second-order valence-electron chi connectivity index (χ2n) is 7.07. The highest BCUT2D eigenvalue weighted by atomic mass is 16.5. The summed E-state index contributed by atoms with van der Waals surface area (Å²) in [6.45, 7) is 4.56. The third-order valence-corrected chi connectivity index (χ3v) is 5.43. The molecule has 5 nitrogen and oxygen atoms in total. The lowest BCUT2D eigenvalue weighted by molar-refractivity contribution is -0.140. The zero-order chi connectivity index (χ0) is 16.2. The molecule has 24 heavy (non-hydrogen) atoms. The van der Waals surface area contributed by atoms with Crippen LogP contribution >= 0.6 is 0 Å². The Bertz CT molecular complexity index is 658. The van der Waals surface area contributed by atoms with E-state index in [1.807, 2.05) is 6.20 Å². The van der Waals surface area contributed by atoms with Crippen molar-refractivity contribution in [3.63, 3.8) is 0 Å². The van der Waals surface area contributed by atoms with Crippen molar-refractivity contribution >= 4 is 10.9 Å². The molecule has 0 amide bonds. The summed E-state index contributed by atoms with van der Waals surface area (Å²) >= 11 is 0. The van der Waals surface area contributed by atoms with Crippen molar-refractivity contribution in [3.8, 4) is 0 Å². The highest BCUT2D eigenvalue weighted by Gasteiger charge is 2.38. The molecule has 0 saturated carbocycles. The molecule has 1 aromatic carbocycles. The molecule has 2 aromatic rings. The number of ether oxygens (including phenoxy) is 2. The lowest BCUT2D eigenvalue weighted by Gasteiger charge is -2.43. The fraction of sp³-hybridized carbons (Fsp3) is 0.632. The number of rotatable bonds is 5. The standard InChI is InChI=1S/C19H27N3O2/c1-2-5-18-16(4-1)15-21-22(18)10-3-9-20-17-6-11-24-19(14-17)7-12-23-13-8-19/h1-2,4-5,15,17,20H,3,6-14H2. The Morgan fingerprint density at radius 2 is 2.08 bits per heavy atom. The Hall–Kier alpha value is -1.43. The Morgan fingerprint density at radius 3 is 3.00 bits per heavy atom. The van der Waals surface area contributed by atoms with Gasteiger partial charge in [-0.2, -0.15) is 5.10 Å². The average molecular weight is 329 g/mol. The summed E-state index contributed by atoms with van der Waals surface area (Å²) in [6.07, 6.45) is 7.39. The van der Waals surface area contributed by atoms with Gasteiger partial charge in [0.05, 0.1) is 17.3 Å². The monoisotopic (exact) mass is 329 g/mol. The summed E-state index contributed by atoms with van der Waals surface area (Å²) in [4.78, 5) is 0. The highest BCUT2D eigenvalue weighted by Crippen LogP contribution is 2.34. The SMILES string of the molecule is c1ccc2c(c1)cnn2CCCNC1CCOC2(CCOCC2)C1. The zero-order valence-electron chi connectivity index (χ0n) is 14.2. The normalized spacial score (nSPS) is 23.8. The van der Waals surface area contributed by atoms with Gasteiger partial charge in [-0.1, -0.05) is 18.2 Å². The lowest BCUT2D eigenvalue weighted by atomic mass is 9.84. The molecular weight excluding hydrogens is 302 g/mol. The fourth-order valence-corrected chi connectivity index (χ4v) is 4.03. The van der Waals surface area contributed by atoms with Gasteiger partial charge in [0.2, 0.25) is 0 Å². The van der Waals surface area contributed by atoms with Gasteiger partial charge in [-0.3, -0.25) is 4.68 Å². The van der Waals surface area contributed by atoms with Crippen LogP contribution in [0.4, 0.5) is 0 Å². The van der Waals surface area contributed by atoms with Gasteiger partial charge in [-0.05, 0) is 44.7 Å². The van der Waals surface area contributed by atoms with E-state index in [9.17, 15) is 0 Å². The van der Waals surface area contributed by atoms with Crippen LogP contribution in [-0.2, 0) is 16.0 Å². The molecule has 0 radical (unpaired) electrons. The summed E-state index contributed by atoms with van der Waals surface area (Å²) < 4.78 is 13.7. The van der Waals surface area contributed by atoms with E-state index in [1.54, 1.807) is 0 Å². The van der Waals surface area contributed by atoms with E-state index in [4.69, 9.17) is 9.47 Å². The molecule has 1 spiro atoms. The van der Waals surface area contributed by atoms with E-state index < -0.39 is 0 Å². The Balaban J connectivity index is 1.25. The van der Waals surface area contributed by atoms with E-state index in [0.29, 0.717) is 6.04 Å². The van der Waals surface area contributed by atoms with Gasteiger partial charge in [-0.15, -0.1) is 0 Å². The average Bonchev–Trinajstić information content (AvgIpc) is 3.03. The third kappa shape index (κ3) is 3.48. The first-order valence-electron chi connectivity index (χ1n) is 9.20. The van der Waals surface area contributed by atoms with Crippen LogP contribution < -0.4 is 5.32 Å². The van der Waals surface area contributed by atoms with Crippen molar-refractivity contribution in [1.82, 2.24) is 15.1 Å². The number of nitrogens with one attached hydrogen (secondary N) is 1. The van der Waals surface area contributed by atoms with Crippen LogP contribution in [0.5, 0.6) is 0 Å². The van der Waals surface area contributed by atoms with Crippen LogP contribution in [0.3, 0.4) is 0 Å². The molecule has 1 atom stereocenters.